The van der Waals surface area contributed by atoms with Gasteiger partial charge < -0.3 is 4.90 Å². The zero-order valence-electron chi connectivity index (χ0n) is 8.48. The fourth-order valence-electron chi connectivity index (χ4n) is 1.55. The summed E-state index contributed by atoms with van der Waals surface area (Å²) in [5.74, 6) is 1.41. The Morgan fingerprint density at radius 2 is 2.14 bits per heavy atom. The molecule has 1 aromatic rings. The van der Waals surface area contributed by atoms with E-state index in [4.69, 9.17) is 0 Å². The van der Waals surface area contributed by atoms with E-state index in [9.17, 15) is 4.79 Å². The SMILES string of the molecule is Cc1ncc2c(n1)N(C)C(=O)N(C)C2. The molecule has 2 rings (SSSR count). The van der Waals surface area contributed by atoms with Crippen molar-refractivity contribution >= 4 is 11.8 Å². The van der Waals surface area contributed by atoms with Gasteiger partial charge in [-0.05, 0) is 6.92 Å². The van der Waals surface area contributed by atoms with Gasteiger partial charge in [0.1, 0.15) is 11.6 Å². The van der Waals surface area contributed by atoms with Crippen molar-refractivity contribution in [2.75, 3.05) is 19.0 Å². The summed E-state index contributed by atoms with van der Waals surface area (Å²) in [5, 5.41) is 0. The third kappa shape index (κ3) is 1.21. The number of rotatable bonds is 0. The van der Waals surface area contributed by atoms with E-state index < -0.39 is 0 Å². The second-order valence-electron chi connectivity index (χ2n) is 3.46. The molecule has 2 heterocycles. The molecule has 74 valence electrons. The smallest absolute Gasteiger partial charge is 0.323 e. The number of aryl methyl sites for hydroxylation is 1. The Labute approximate surface area is 82.4 Å². The van der Waals surface area contributed by atoms with Crippen LogP contribution >= 0.6 is 0 Å². The normalized spacial score (nSPS) is 15.8. The van der Waals surface area contributed by atoms with Gasteiger partial charge in [0.25, 0.3) is 0 Å². The van der Waals surface area contributed by atoms with Gasteiger partial charge in [0.2, 0.25) is 0 Å². The highest BCUT2D eigenvalue weighted by Gasteiger charge is 2.26. The van der Waals surface area contributed by atoms with Crippen molar-refractivity contribution in [3.63, 3.8) is 0 Å². The number of hydrogen-bond donors (Lipinski definition) is 0. The first-order valence-corrected chi connectivity index (χ1v) is 4.41. The summed E-state index contributed by atoms with van der Waals surface area (Å²) in [7, 11) is 3.49. The molecule has 5 heteroatoms. The topological polar surface area (TPSA) is 49.3 Å². The summed E-state index contributed by atoms with van der Waals surface area (Å²) >= 11 is 0. The monoisotopic (exact) mass is 192 g/mol. The molecule has 1 aliphatic heterocycles. The number of aromatic nitrogens is 2. The third-order valence-corrected chi connectivity index (χ3v) is 2.30. The summed E-state index contributed by atoms with van der Waals surface area (Å²) in [4.78, 5) is 23.1. The van der Waals surface area contributed by atoms with E-state index in [-0.39, 0.29) is 6.03 Å². The van der Waals surface area contributed by atoms with Gasteiger partial charge in [-0.15, -0.1) is 0 Å². The molecule has 5 nitrogen and oxygen atoms in total. The molecule has 0 saturated heterocycles. The maximum Gasteiger partial charge on any atom is 0.325 e. The molecule has 14 heavy (non-hydrogen) atoms. The van der Waals surface area contributed by atoms with Crippen molar-refractivity contribution in [1.82, 2.24) is 14.9 Å². The first kappa shape index (κ1) is 8.93. The highest BCUT2D eigenvalue weighted by molar-refractivity contribution is 5.92. The van der Waals surface area contributed by atoms with Crippen LogP contribution in [0.5, 0.6) is 0 Å². The number of fused-ring (bicyclic) bond motifs is 1. The number of anilines is 1. The first-order chi connectivity index (χ1) is 6.59. The summed E-state index contributed by atoms with van der Waals surface area (Å²) in [6, 6.07) is -0.0319. The number of nitrogens with zero attached hydrogens (tertiary/aromatic N) is 4. The van der Waals surface area contributed by atoms with E-state index in [1.807, 2.05) is 6.92 Å². The van der Waals surface area contributed by atoms with Crippen LogP contribution < -0.4 is 4.90 Å². The zero-order chi connectivity index (χ0) is 10.3. The van der Waals surface area contributed by atoms with Crippen LogP contribution in [0.15, 0.2) is 6.20 Å². The molecule has 1 aliphatic rings. The zero-order valence-corrected chi connectivity index (χ0v) is 8.48. The molecule has 0 radical (unpaired) electrons. The van der Waals surface area contributed by atoms with Gasteiger partial charge in [0, 0.05) is 25.9 Å². The minimum absolute atomic E-state index is 0.0319. The lowest BCUT2D eigenvalue weighted by Gasteiger charge is -2.31. The number of hydrogen-bond acceptors (Lipinski definition) is 3. The highest BCUT2D eigenvalue weighted by atomic mass is 16.2. The van der Waals surface area contributed by atoms with Crippen molar-refractivity contribution in [1.29, 1.82) is 0 Å². The van der Waals surface area contributed by atoms with E-state index in [1.165, 1.54) is 0 Å². The summed E-state index contributed by atoms with van der Waals surface area (Å²) in [6.07, 6.45) is 1.77. The van der Waals surface area contributed by atoms with E-state index in [2.05, 4.69) is 9.97 Å². The number of carbonyl (C=O) groups is 1. The minimum Gasteiger partial charge on any atom is -0.323 e. The van der Waals surface area contributed by atoms with Crippen LogP contribution in [0.1, 0.15) is 11.4 Å². The Kier molecular flexibility index (Phi) is 1.87. The molecule has 0 bridgehead atoms. The summed E-state index contributed by atoms with van der Waals surface area (Å²) < 4.78 is 0. The fraction of sp³-hybridized carbons (Fsp3) is 0.444. The Balaban J connectivity index is 2.51. The van der Waals surface area contributed by atoms with Crippen LogP contribution in [-0.2, 0) is 6.54 Å². The molecule has 1 aromatic heterocycles. The molecular formula is C9H12N4O. The van der Waals surface area contributed by atoms with E-state index >= 15 is 0 Å². The molecule has 0 spiro atoms. The van der Waals surface area contributed by atoms with Gasteiger partial charge in [-0.2, -0.15) is 0 Å². The lowest BCUT2D eigenvalue weighted by atomic mass is 10.2. The number of urea groups is 1. The molecule has 0 unspecified atom stereocenters. The Morgan fingerprint density at radius 3 is 2.86 bits per heavy atom. The molecule has 0 aromatic carbocycles. The van der Waals surface area contributed by atoms with Crippen molar-refractivity contribution in [2.24, 2.45) is 0 Å². The van der Waals surface area contributed by atoms with Gasteiger partial charge in [0.15, 0.2) is 0 Å². The molecule has 0 aliphatic carbocycles. The average molecular weight is 192 g/mol. The van der Waals surface area contributed by atoms with Crippen molar-refractivity contribution in [3.05, 3.63) is 17.6 Å². The van der Waals surface area contributed by atoms with Gasteiger partial charge in [-0.25, -0.2) is 14.8 Å². The van der Waals surface area contributed by atoms with Gasteiger partial charge in [-0.1, -0.05) is 0 Å². The second kappa shape index (κ2) is 2.94. The van der Waals surface area contributed by atoms with Crippen molar-refractivity contribution < 1.29 is 4.79 Å². The molecule has 0 N–H and O–H groups in total. The Bertz CT molecular complexity index is 390. The van der Waals surface area contributed by atoms with Crippen LogP contribution in [-0.4, -0.2) is 35.0 Å². The van der Waals surface area contributed by atoms with Gasteiger partial charge >= 0.3 is 6.03 Å². The van der Waals surface area contributed by atoms with E-state index in [1.54, 1.807) is 30.1 Å². The number of amides is 2. The molecule has 2 amide bonds. The van der Waals surface area contributed by atoms with Crippen molar-refractivity contribution in [2.45, 2.75) is 13.5 Å². The summed E-state index contributed by atoms with van der Waals surface area (Å²) in [5.41, 5.74) is 0.986. The van der Waals surface area contributed by atoms with E-state index in [0.29, 0.717) is 12.4 Å². The average Bonchev–Trinajstić information content (AvgIpc) is 2.16. The second-order valence-corrected chi connectivity index (χ2v) is 3.46. The Morgan fingerprint density at radius 1 is 1.43 bits per heavy atom. The third-order valence-electron chi connectivity index (χ3n) is 2.30. The lowest BCUT2D eigenvalue weighted by Crippen LogP contribution is -2.43. The minimum atomic E-state index is -0.0319. The number of carbonyl (C=O) groups excluding carboxylic acids is 1. The highest BCUT2D eigenvalue weighted by Crippen LogP contribution is 2.23. The van der Waals surface area contributed by atoms with Gasteiger partial charge in [-0.3, -0.25) is 4.90 Å². The van der Waals surface area contributed by atoms with Crippen LogP contribution in [0.25, 0.3) is 0 Å². The van der Waals surface area contributed by atoms with Crippen molar-refractivity contribution in [3.8, 4) is 0 Å². The molecule has 0 fully saturated rings. The maximum absolute atomic E-state index is 11.6. The van der Waals surface area contributed by atoms with Crippen LogP contribution in [0.3, 0.4) is 0 Å². The summed E-state index contributed by atoms with van der Waals surface area (Å²) in [6.45, 7) is 2.40. The molecule has 0 saturated carbocycles. The predicted octanol–water partition coefficient (Wildman–Crippen LogP) is 0.787. The maximum atomic E-state index is 11.6. The lowest BCUT2D eigenvalue weighted by molar-refractivity contribution is 0.211. The van der Waals surface area contributed by atoms with Crippen LogP contribution in [0, 0.1) is 6.92 Å². The predicted molar refractivity (Wildman–Crippen MR) is 52.0 cm³/mol. The first-order valence-electron chi connectivity index (χ1n) is 4.41. The largest absolute Gasteiger partial charge is 0.325 e. The van der Waals surface area contributed by atoms with Gasteiger partial charge in [0.05, 0.1) is 6.54 Å². The van der Waals surface area contributed by atoms with E-state index in [0.717, 1.165) is 11.4 Å². The molecular weight excluding hydrogens is 180 g/mol. The van der Waals surface area contributed by atoms with Crippen LogP contribution in [0.4, 0.5) is 10.6 Å². The standard InChI is InChI=1S/C9H12N4O/c1-6-10-4-7-5-12(2)9(14)13(3)8(7)11-6/h4H,5H2,1-3H3. The van der Waals surface area contributed by atoms with Crippen LogP contribution in [0.2, 0.25) is 0 Å². The quantitative estimate of drug-likeness (QED) is 0.610. The molecule has 0 atom stereocenters. The Hall–Kier alpha value is -1.65. The fourth-order valence-corrected chi connectivity index (χ4v) is 1.55.